The lowest BCUT2D eigenvalue weighted by atomic mass is 10.1. The van der Waals surface area contributed by atoms with Crippen LogP contribution in [0.25, 0.3) is 16.7 Å². The molecule has 0 aliphatic carbocycles. The van der Waals surface area contributed by atoms with Crippen LogP contribution in [0.2, 0.25) is 5.02 Å². The number of esters is 1. The van der Waals surface area contributed by atoms with Crippen LogP contribution < -0.4 is 10.5 Å². The molecule has 0 bridgehead atoms. The number of hydrogen-bond donors (Lipinski definition) is 1. The average molecular weight is 360 g/mol. The van der Waals surface area contributed by atoms with Crippen molar-refractivity contribution in [3.63, 3.8) is 0 Å². The number of methoxy groups -OCH3 is 2. The normalized spacial score (nSPS) is 10.9. The van der Waals surface area contributed by atoms with E-state index in [4.69, 9.17) is 26.8 Å². The Balaban J connectivity index is 2.47. The Kier molecular flexibility index (Phi) is 4.30. The molecule has 2 N–H and O–H groups in total. The second-order valence-electron chi connectivity index (χ2n) is 5.67. The monoisotopic (exact) mass is 359 g/mol. The summed E-state index contributed by atoms with van der Waals surface area (Å²) >= 11 is 6.07. The Bertz CT molecular complexity index is 995. The van der Waals surface area contributed by atoms with E-state index in [1.54, 1.807) is 17.7 Å². The van der Waals surface area contributed by atoms with Gasteiger partial charge in [0.05, 0.1) is 24.9 Å². The van der Waals surface area contributed by atoms with Gasteiger partial charge in [0.1, 0.15) is 22.8 Å². The molecule has 0 saturated carbocycles. The van der Waals surface area contributed by atoms with E-state index in [9.17, 15) is 4.79 Å². The van der Waals surface area contributed by atoms with Crippen LogP contribution in [0, 0.1) is 13.8 Å². The molecule has 6 nitrogen and oxygen atoms in total. The summed E-state index contributed by atoms with van der Waals surface area (Å²) in [5.41, 5.74) is 9.78. The lowest BCUT2D eigenvalue weighted by Crippen LogP contribution is -2.09. The fraction of sp³-hybridized carbons (Fsp3) is 0.222. The first-order valence-corrected chi connectivity index (χ1v) is 7.96. The predicted molar refractivity (Wildman–Crippen MR) is 97.9 cm³/mol. The van der Waals surface area contributed by atoms with Gasteiger partial charge >= 0.3 is 5.97 Å². The smallest absolute Gasteiger partial charge is 0.342 e. The molecule has 2 aromatic heterocycles. The highest BCUT2D eigenvalue weighted by Gasteiger charge is 2.25. The van der Waals surface area contributed by atoms with E-state index in [1.807, 2.05) is 26.0 Å². The number of nitrogens with two attached hydrogens (primary N) is 1. The van der Waals surface area contributed by atoms with Crippen molar-refractivity contribution in [3.8, 4) is 11.4 Å². The van der Waals surface area contributed by atoms with Gasteiger partial charge < -0.3 is 15.2 Å². The van der Waals surface area contributed by atoms with Crippen LogP contribution in [0.5, 0.6) is 5.75 Å². The van der Waals surface area contributed by atoms with Crippen LogP contribution >= 0.6 is 11.6 Å². The van der Waals surface area contributed by atoms with Crippen molar-refractivity contribution >= 4 is 34.4 Å². The molecule has 0 fully saturated rings. The second-order valence-corrected chi connectivity index (χ2v) is 6.11. The topological polar surface area (TPSA) is 79.4 Å². The van der Waals surface area contributed by atoms with Gasteiger partial charge in [0.2, 0.25) is 0 Å². The minimum absolute atomic E-state index is 0.245. The zero-order valence-electron chi connectivity index (χ0n) is 14.4. The first-order valence-electron chi connectivity index (χ1n) is 7.59. The number of benzene rings is 1. The van der Waals surface area contributed by atoms with Crippen LogP contribution in [0.3, 0.4) is 0 Å². The van der Waals surface area contributed by atoms with Crippen LogP contribution in [-0.2, 0) is 4.74 Å². The molecule has 0 amide bonds. The van der Waals surface area contributed by atoms with Crippen molar-refractivity contribution in [1.82, 2.24) is 9.55 Å². The van der Waals surface area contributed by atoms with E-state index in [-0.39, 0.29) is 11.4 Å². The van der Waals surface area contributed by atoms with Gasteiger partial charge in [-0.25, -0.2) is 9.78 Å². The number of carbonyl (C=O) groups excluding carboxylic acids is 1. The molecule has 3 rings (SSSR count). The van der Waals surface area contributed by atoms with Crippen LogP contribution in [0.15, 0.2) is 24.4 Å². The molecule has 0 radical (unpaired) electrons. The highest BCUT2D eigenvalue weighted by Crippen LogP contribution is 2.36. The Labute approximate surface area is 150 Å². The fourth-order valence-electron chi connectivity index (χ4n) is 3.08. The molecular weight excluding hydrogens is 342 g/mol. The summed E-state index contributed by atoms with van der Waals surface area (Å²) < 4.78 is 12.1. The van der Waals surface area contributed by atoms with Crippen LogP contribution in [0.1, 0.15) is 21.5 Å². The predicted octanol–water partition coefficient (Wildman–Crippen LogP) is 3.67. The number of pyridine rings is 1. The minimum Gasteiger partial charge on any atom is -0.496 e. The average Bonchev–Trinajstić information content (AvgIpc) is 2.86. The van der Waals surface area contributed by atoms with Gasteiger partial charge in [0.25, 0.3) is 0 Å². The van der Waals surface area contributed by atoms with Crippen molar-refractivity contribution in [2.75, 3.05) is 20.0 Å². The van der Waals surface area contributed by atoms with Crippen molar-refractivity contribution < 1.29 is 14.3 Å². The maximum atomic E-state index is 12.3. The van der Waals surface area contributed by atoms with Gasteiger partial charge in [-0.1, -0.05) is 17.7 Å². The minimum atomic E-state index is -0.538. The number of aryl methyl sites for hydroxylation is 1. The largest absolute Gasteiger partial charge is 0.496 e. The molecule has 25 heavy (non-hydrogen) atoms. The first kappa shape index (κ1) is 17.1. The number of halogens is 1. The first-order chi connectivity index (χ1) is 11.9. The third-order valence-electron chi connectivity index (χ3n) is 4.23. The molecule has 130 valence electrons. The second kappa shape index (κ2) is 6.29. The van der Waals surface area contributed by atoms with Gasteiger partial charge in [0, 0.05) is 17.1 Å². The molecule has 0 unspecified atom stereocenters. The van der Waals surface area contributed by atoms with Crippen LogP contribution in [0.4, 0.5) is 5.82 Å². The van der Waals surface area contributed by atoms with E-state index in [0.717, 1.165) is 22.6 Å². The fourth-order valence-corrected chi connectivity index (χ4v) is 3.24. The quantitative estimate of drug-likeness (QED) is 0.722. The Hall–Kier alpha value is -2.73. The standard InChI is InChI=1S/C18H18ClN3O3/c1-9-5-6-13(24-3)10(2)15(9)22-16(20)14(18(23)25-4)12-7-11(19)8-21-17(12)22/h5-8H,20H2,1-4H3. The van der Waals surface area contributed by atoms with Gasteiger partial charge in [-0.15, -0.1) is 0 Å². The van der Waals surface area contributed by atoms with Crippen molar-refractivity contribution in [3.05, 3.63) is 46.1 Å². The lowest BCUT2D eigenvalue weighted by molar-refractivity contribution is 0.0604. The number of rotatable bonds is 3. The molecule has 0 spiro atoms. The van der Waals surface area contributed by atoms with Crippen molar-refractivity contribution in [1.29, 1.82) is 0 Å². The van der Waals surface area contributed by atoms with Gasteiger partial charge in [-0.2, -0.15) is 0 Å². The van der Waals surface area contributed by atoms with Gasteiger partial charge in [-0.05, 0) is 31.5 Å². The van der Waals surface area contributed by atoms with E-state index >= 15 is 0 Å². The Morgan fingerprint density at radius 2 is 2.00 bits per heavy atom. The molecule has 3 aromatic rings. The number of carbonyl (C=O) groups is 1. The number of anilines is 1. The van der Waals surface area contributed by atoms with E-state index < -0.39 is 5.97 Å². The molecule has 2 heterocycles. The summed E-state index contributed by atoms with van der Waals surface area (Å²) in [4.78, 5) is 16.7. The summed E-state index contributed by atoms with van der Waals surface area (Å²) in [6, 6.07) is 5.48. The van der Waals surface area contributed by atoms with E-state index in [2.05, 4.69) is 4.98 Å². The Morgan fingerprint density at radius 3 is 2.64 bits per heavy atom. The van der Waals surface area contributed by atoms with Crippen molar-refractivity contribution in [2.24, 2.45) is 0 Å². The highest BCUT2D eigenvalue weighted by molar-refractivity contribution is 6.31. The third-order valence-corrected chi connectivity index (χ3v) is 4.43. The third kappa shape index (κ3) is 2.59. The highest BCUT2D eigenvalue weighted by atomic mass is 35.5. The molecule has 0 saturated heterocycles. The summed E-state index contributed by atoms with van der Waals surface area (Å²) in [5, 5.41) is 0.951. The maximum Gasteiger partial charge on any atom is 0.342 e. The molecule has 0 atom stereocenters. The number of ether oxygens (including phenoxy) is 2. The summed E-state index contributed by atoms with van der Waals surface area (Å²) in [7, 11) is 2.92. The summed E-state index contributed by atoms with van der Waals surface area (Å²) in [6.07, 6.45) is 1.52. The molecule has 7 heteroatoms. The number of aromatic nitrogens is 2. The SMILES string of the molecule is COC(=O)c1c(N)n(-c2c(C)ccc(OC)c2C)c2ncc(Cl)cc12. The number of nitrogens with zero attached hydrogens (tertiary/aromatic N) is 2. The molecular formula is C18H18ClN3O3. The van der Waals surface area contributed by atoms with E-state index in [1.165, 1.54) is 13.3 Å². The van der Waals surface area contributed by atoms with Gasteiger partial charge in [0.15, 0.2) is 0 Å². The zero-order valence-corrected chi connectivity index (χ0v) is 15.1. The Morgan fingerprint density at radius 1 is 1.28 bits per heavy atom. The number of fused-ring (bicyclic) bond motifs is 1. The lowest BCUT2D eigenvalue weighted by Gasteiger charge is -2.16. The molecule has 0 aliphatic rings. The van der Waals surface area contributed by atoms with Crippen molar-refractivity contribution in [2.45, 2.75) is 13.8 Å². The molecule has 1 aromatic carbocycles. The zero-order chi connectivity index (χ0) is 18.3. The molecule has 0 aliphatic heterocycles. The number of nitrogen functional groups attached to an aromatic ring is 1. The van der Waals surface area contributed by atoms with Gasteiger partial charge in [-0.3, -0.25) is 4.57 Å². The number of hydrogen-bond acceptors (Lipinski definition) is 5. The van der Waals surface area contributed by atoms with Crippen LogP contribution in [-0.4, -0.2) is 29.7 Å². The van der Waals surface area contributed by atoms with E-state index in [0.29, 0.717) is 16.1 Å². The maximum absolute atomic E-state index is 12.3. The summed E-state index contributed by atoms with van der Waals surface area (Å²) in [6.45, 7) is 3.89. The summed E-state index contributed by atoms with van der Waals surface area (Å²) in [5.74, 6) is 0.426.